The number of carbonyl (C=O) groups excluding carboxylic acids is 1. The van der Waals surface area contributed by atoms with Crippen molar-refractivity contribution in [1.82, 2.24) is 9.97 Å². The van der Waals surface area contributed by atoms with Crippen molar-refractivity contribution in [2.75, 3.05) is 11.9 Å². The zero-order valence-electron chi connectivity index (χ0n) is 10.1. The third-order valence-corrected chi connectivity index (χ3v) is 2.73. The molecule has 0 spiro atoms. The lowest BCUT2D eigenvalue weighted by Crippen LogP contribution is -2.17. The number of carbonyl (C=O) groups is 1. The van der Waals surface area contributed by atoms with E-state index in [0.717, 1.165) is 5.56 Å². The molecule has 0 aliphatic carbocycles. The maximum atomic E-state index is 12.1. The molecule has 19 heavy (non-hydrogen) atoms. The molecule has 1 amide bonds. The molecule has 1 aromatic heterocycles. The number of benzene rings is 1. The van der Waals surface area contributed by atoms with Gasteiger partial charge in [-0.3, -0.25) is 10.1 Å². The van der Waals surface area contributed by atoms with Gasteiger partial charge < -0.3 is 5.73 Å². The first kappa shape index (κ1) is 13.5. The van der Waals surface area contributed by atoms with E-state index in [-0.39, 0.29) is 17.0 Å². The predicted octanol–water partition coefficient (Wildman–Crippen LogP) is 1.88. The van der Waals surface area contributed by atoms with Gasteiger partial charge in [-0.25, -0.2) is 9.97 Å². The SMILES string of the molecule is NCCc1ccccc1C(=O)Nc1nccc(Cl)n1. The van der Waals surface area contributed by atoms with Crippen LogP contribution in [0.15, 0.2) is 36.5 Å². The van der Waals surface area contributed by atoms with Gasteiger partial charge in [0.15, 0.2) is 0 Å². The van der Waals surface area contributed by atoms with E-state index in [0.29, 0.717) is 18.5 Å². The topological polar surface area (TPSA) is 80.9 Å². The Morgan fingerprint density at radius 1 is 1.32 bits per heavy atom. The zero-order valence-corrected chi connectivity index (χ0v) is 10.9. The van der Waals surface area contributed by atoms with Gasteiger partial charge in [-0.2, -0.15) is 0 Å². The van der Waals surface area contributed by atoms with Crippen LogP contribution in [-0.4, -0.2) is 22.4 Å². The molecule has 1 heterocycles. The molecule has 0 fully saturated rings. The maximum absolute atomic E-state index is 12.1. The lowest BCUT2D eigenvalue weighted by Gasteiger charge is -2.08. The Morgan fingerprint density at radius 2 is 2.11 bits per heavy atom. The molecule has 0 bridgehead atoms. The molecule has 0 radical (unpaired) electrons. The second-order valence-corrected chi connectivity index (χ2v) is 4.24. The summed E-state index contributed by atoms with van der Waals surface area (Å²) in [4.78, 5) is 20.0. The van der Waals surface area contributed by atoms with E-state index in [4.69, 9.17) is 17.3 Å². The fraction of sp³-hybridized carbons (Fsp3) is 0.154. The van der Waals surface area contributed by atoms with Crippen LogP contribution in [0.1, 0.15) is 15.9 Å². The Labute approximate surface area is 115 Å². The molecule has 0 saturated carbocycles. The third-order valence-electron chi connectivity index (χ3n) is 2.52. The molecular weight excluding hydrogens is 264 g/mol. The number of nitrogens with two attached hydrogens (primary N) is 1. The van der Waals surface area contributed by atoms with Gasteiger partial charge in [0.2, 0.25) is 5.95 Å². The van der Waals surface area contributed by atoms with Gasteiger partial charge in [0.05, 0.1) is 0 Å². The number of hydrogen-bond donors (Lipinski definition) is 2. The summed E-state index contributed by atoms with van der Waals surface area (Å²) in [5.41, 5.74) is 6.99. The maximum Gasteiger partial charge on any atom is 0.258 e. The highest BCUT2D eigenvalue weighted by atomic mass is 35.5. The molecule has 0 aliphatic heterocycles. The number of nitrogens with zero attached hydrogens (tertiary/aromatic N) is 2. The largest absolute Gasteiger partial charge is 0.330 e. The van der Waals surface area contributed by atoms with Gasteiger partial charge in [-0.1, -0.05) is 29.8 Å². The molecule has 6 heteroatoms. The number of amides is 1. The second-order valence-electron chi connectivity index (χ2n) is 3.85. The van der Waals surface area contributed by atoms with Crippen molar-refractivity contribution in [3.63, 3.8) is 0 Å². The Hall–Kier alpha value is -1.98. The summed E-state index contributed by atoms with van der Waals surface area (Å²) in [6, 6.07) is 8.83. The average molecular weight is 277 g/mol. The number of anilines is 1. The van der Waals surface area contributed by atoms with Crippen LogP contribution in [0.4, 0.5) is 5.95 Å². The Morgan fingerprint density at radius 3 is 2.84 bits per heavy atom. The second kappa shape index (κ2) is 6.26. The van der Waals surface area contributed by atoms with E-state index >= 15 is 0 Å². The first-order chi connectivity index (χ1) is 9.20. The Balaban J connectivity index is 2.20. The van der Waals surface area contributed by atoms with Gasteiger partial charge in [-0.05, 0) is 30.7 Å². The summed E-state index contributed by atoms with van der Waals surface area (Å²) in [5.74, 6) is -0.0913. The summed E-state index contributed by atoms with van der Waals surface area (Å²) >= 11 is 5.74. The Bertz CT molecular complexity index is 588. The highest BCUT2D eigenvalue weighted by molar-refractivity contribution is 6.29. The van der Waals surface area contributed by atoms with Crippen molar-refractivity contribution in [1.29, 1.82) is 0 Å². The molecule has 5 nitrogen and oxygen atoms in total. The van der Waals surface area contributed by atoms with E-state index in [9.17, 15) is 4.79 Å². The van der Waals surface area contributed by atoms with Crippen molar-refractivity contribution in [2.45, 2.75) is 6.42 Å². The van der Waals surface area contributed by atoms with Gasteiger partial charge >= 0.3 is 0 Å². The summed E-state index contributed by atoms with van der Waals surface area (Å²) in [6.45, 7) is 0.484. The van der Waals surface area contributed by atoms with Crippen LogP contribution >= 0.6 is 11.6 Å². The first-order valence-electron chi connectivity index (χ1n) is 5.78. The van der Waals surface area contributed by atoms with Gasteiger partial charge in [0.25, 0.3) is 5.91 Å². The standard InChI is InChI=1S/C13H13ClN4O/c14-11-6-8-16-13(17-11)18-12(19)10-4-2-1-3-9(10)5-7-15/h1-4,6,8H,5,7,15H2,(H,16,17,18,19). The normalized spacial score (nSPS) is 10.2. The van der Waals surface area contributed by atoms with Gasteiger partial charge in [0, 0.05) is 11.8 Å². The van der Waals surface area contributed by atoms with Crippen molar-refractivity contribution in [3.05, 3.63) is 52.8 Å². The molecule has 0 atom stereocenters. The van der Waals surface area contributed by atoms with Crippen LogP contribution in [0, 0.1) is 0 Å². The number of halogens is 1. The monoisotopic (exact) mass is 276 g/mol. The van der Waals surface area contributed by atoms with Crippen LogP contribution in [0.2, 0.25) is 5.15 Å². The number of rotatable bonds is 4. The quantitative estimate of drug-likeness (QED) is 0.836. The molecular formula is C13H13ClN4O. The molecule has 0 saturated heterocycles. The van der Waals surface area contributed by atoms with E-state index in [1.165, 1.54) is 6.20 Å². The smallest absolute Gasteiger partial charge is 0.258 e. The van der Waals surface area contributed by atoms with E-state index in [2.05, 4.69) is 15.3 Å². The molecule has 2 rings (SSSR count). The summed E-state index contributed by atoms with van der Waals surface area (Å²) < 4.78 is 0. The van der Waals surface area contributed by atoms with Crippen molar-refractivity contribution >= 4 is 23.5 Å². The van der Waals surface area contributed by atoms with E-state index in [1.807, 2.05) is 12.1 Å². The minimum Gasteiger partial charge on any atom is -0.330 e. The van der Waals surface area contributed by atoms with Crippen molar-refractivity contribution < 1.29 is 4.79 Å². The number of nitrogens with one attached hydrogen (secondary N) is 1. The van der Waals surface area contributed by atoms with Crippen LogP contribution in [0.3, 0.4) is 0 Å². The predicted molar refractivity (Wildman–Crippen MR) is 74.2 cm³/mol. The molecule has 2 aromatic rings. The zero-order chi connectivity index (χ0) is 13.7. The minimum absolute atomic E-state index is 0.181. The summed E-state index contributed by atoms with van der Waals surface area (Å²) in [6.07, 6.45) is 2.12. The van der Waals surface area contributed by atoms with Gasteiger partial charge in [0.1, 0.15) is 5.15 Å². The lowest BCUT2D eigenvalue weighted by atomic mass is 10.0. The van der Waals surface area contributed by atoms with Crippen LogP contribution in [0.25, 0.3) is 0 Å². The highest BCUT2D eigenvalue weighted by Gasteiger charge is 2.11. The fourth-order valence-electron chi connectivity index (χ4n) is 1.68. The van der Waals surface area contributed by atoms with Crippen molar-refractivity contribution in [3.8, 4) is 0 Å². The number of hydrogen-bond acceptors (Lipinski definition) is 4. The molecule has 98 valence electrons. The fourth-order valence-corrected chi connectivity index (χ4v) is 1.82. The highest BCUT2D eigenvalue weighted by Crippen LogP contribution is 2.12. The van der Waals surface area contributed by atoms with Crippen LogP contribution in [-0.2, 0) is 6.42 Å². The molecule has 0 unspecified atom stereocenters. The number of aromatic nitrogens is 2. The molecule has 1 aromatic carbocycles. The van der Waals surface area contributed by atoms with E-state index < -0.39 is 0 Å². The third kappa shape index (κ3) is 3.49. The average Bonchev–Trinajstić information content (AvgIpc) is 2.39. The minimum atomic E-state index is -0.272. The van der Waals surface area contributed by atoms with Crippen molar-refractivity contribution in [2.24, 2.45) is 5.73 Å². The molecule has 3 N–H and O–H groups in total. The summed E-state index contributed by atoms with van der Waals surface area (Å²) in [5, 5.41) is 2.89. The Kier molecular flexibility index (Phi) is 4.43. The summed E-state index contributed by atoms with van der Waals surface area (Å²) in [7, 11) is 0. The lowest BCUT2D eigenvalue weighted by molar-refractivity contribution is 0.102. The molecule has 0 aliphatic rings. The van der Waals surface area contributed by atoms with Gasteiger partial charge in [-0.15, -0.1) is 0 Å². The van der Waals surface area contributed by atoms with E-state index in [1.54, 1.807) is 18.2 Å². The van der Waals surface area contributed by atoms with Crippen LogP contribution < -0.4 is 11.1 Å². The first-order valence-corrected chi connectivity index (χ1v) is 6.16. The van der Waals surface area contributed by atoms with Crippen LogP contribution in [0.5, 0.6) is 0 Å².